The van der Waals surface area contributed by atoms with Crippen LogP contribution in [0.1, 0.15) is 46.0 Å². The highest BCUT2D eigenvalue weighted by Gasteiger charge is 2.24. The highest BCUT2D eigenvalue weighted by Crippen LogP contribution is 2.25. The molecule has 0 atom stereocenters. The van der Waals surface area contributed by atoms with Crippen LogP contribution in [0.15, 0.2) is 32.7 Å². The fourth-order valence-electron chi connectivity index (χ4n) is 3.07. The monoisotopic (exact) mass is 454 g/mol. The van der Waals surface area contributed by atoms with E-state index in [1.807, 2.05) is 13.8 Å². The maximum Gasteiger partial charge on any atom is 0.330 e. The molecular formula is C21H28F2N4O3S. The van der Waals surface area contributed by atoms with Gasteiger partial charge in [0.2, 0.25) is 5.91 Å². The van der Waals surface area contributed by atoms with Gasteiger partial charge in [0.25, 0.3) is 5.56 Å². The molecule has 31 heavy (non-hydrogen) atoms. The molecule has 0 aliphatic carbocycles. The van der Waals surface area contributed by atoms with Gasteiger partial charge in [0, 0.05) is 24.1 Å². The van der Waals surface area contributed by atoms with Gasteiger partial charge < -0.3 is 10.6 Å². The Morgan fingerprint density at radius 3 is 2.52 bits per heavy atom. The van der Waals surface area contributed by atoms with Crippen molar-refractivity contribution in [3.05, 3.63) is 50.7 Å². The molecule has 1 aromatic carbocycles. The molecule has 0 aliphatic heterocycles. The van der Waals surface area contributed by atoms with E-state index in [1.165, 1.54) is 15.5 Å². The lowest BCUT2D eigenvalue weighted by Crippen LogP contribution is -2.42. The Morgan fingerprint density at radius 2 is 1.87 bits per heavy atom. The van der Waals surface area contributed by atoms with Crippen molar-refractivity contribution < 1.29 is 13.6 Å². The smallest absolute Gasteiger partial charge is 0.330 e. The van der Waals surface area contributed by atoms with E-state index in [0.29, 0.717) is 19.4 Å². The van der Waals surface area contributed by atoms with E-state index in [1.54, 1.807) is 0 Å². The summed E-state index contributed by atoms with van der Waals surface area (Å²) in [4.78, 5) is 41.4. The Morgan fingerprint density at radius 1 is 1.16 bits per heavy atom. The number of benzene rings is 1. The molecule has 1 aromatic heterocycles. The van der Waals surface area contributed by atoms with E-state index >= 15 is 0 Å². The second-order valence-corrected chi connectivity index (χ2v) is 8.13. The third-order valence-corrected chi connectivity index (χ3v) is 5.78. The van der Waals surface area contributed by atoms with Gasteiger partial charge in [0.1, 0.15) is 17.5 Å². The van der Waals surface area contributed by atoms with Gasteiger partial charge in [-0.3, -0.25) is 19.1 Å². The highest BCUT2D eigenvalue weighted by molar-refractivity contribution is 8.00. The van der Waals surface area contributed by atoms with Gasteiger partial charge in [-0.05, 0) is 25.0 Å². The summed E-state index contributed by atoms with van der Waals surface area (Å²) in [6.45, 7) is 4.52. The van der Waals surface area contributed by atoms with Crippen LogP contribution in [0.2, 0.25) is 0 Å². The molecule has 0 spiro atoms. The van der Waals surface area contributed by atoms with Crippen molar-refractivity contribution in [2.75, 3.05) is 22.9 Å². The number of nitrogens with one attached hydrogen (secondary N) is 1. The number of H-pyrrole nitrogens is 1. The standard InChI is InChI=1S/C21H28F2N4O3S/c1-3-5-7-11-26(17(28)13-31-16-9-8-14(22)12-15(16)23)18-19(24)27(10-6-4-2)21(30)25-20(18)29/h8-9,12H,3-7,10-11,13,24H2,1-2H3,(H,25,29,30). The average Bonchev–Trinajstić information content (AvgIpc) is 2.71. The molecule has 2 aromatic rings. The van der Waals surface area contributed by atoms with E-state index in [2.05, 4.69) is 4.98 Å². The zero-order chi connectivity index (χ0) is 23.0. The predicted molar refractivity (Wildman–Crippen MR) is 120 cm³/mol. The molecule has 3 N–H and O–H groups in total. The largest absolute Gasteiger partial charge is 0.383 e. The van der Waals surface area contributed by atoms with E-state index in [0.717, 1.165) is 43.2 Å². The number of hydrogen-bond acceptors (Lipinski definition) is 5. The number of rotatable bonds is 11. The minimum atomic E-state index is -0.763. The molecular weight excluding hydrogens is 426 g/mol. The van der Waals surface area contributed by atoms with Gasteiger partial charge in [-0.1, -0.05) is 33.1 Å². The Balaban J connectivity index is 2.35. The molecule has 2 rings (SSSR count). The number of carbonyl (C=O) groups excluding carboxylic acids is 1. The molecule has 0 fully saturated rings. The summed E-state index contributed by atoms with van der Waals surface area (Å²) < 4.78 is 28.3. The number of halogens is 2. The number of thioether (sulfide) groups is 1. The van der Waals surface area contributed by atoms with Crippen molar-refractivity contribution in [1.82, 2.24) is 9.55 Å². The van der Waals surface area contributed by atoms with Crippen LogP contribution >= 0.6 is 11.8 Å². The first kappa shape index (κ1) is 24.6. The molecule has 10 heteroatoms. The number of aromatic amines is 1. The van der Waals surface area contributed by atoms with Crippen molar-refractivity contribution in [3.63, 3.8) is 0 Å². The van der Waals surface area contributed by atoms with Crippen LogP contribution in [-0.4, -0.2) is 27.8 Å². The first-order valence-electron chi connectivity index (χ1n) is 10.3. The van der Waals surface area contributed by atoms with E-state index in [4.69, 9.17) is 5.73 Å². The molecule has 0 saturated carbocycles. The molecule has 0 bridgehead atoms. The van der Waals surface area contributed by atoms with E-state index in [9.17, 15) is 23.2 Å². The Bertz CT molecular complexity index is 1020. The third kappa shape index (κ3) is 6.43. The van der Waals surface area contributed by atoms with E-state index < -0.39 is 28.8 Å². The number of aromatic nitrogens is 2. The minimum absolute atomic E-state index is 0.0648. The third-order valence-electron chi connectivity index (χ3n) is 4.75. The van der Waals surface area contributed by atoms with Crippen LogP contribution < -0.4 is 21.9 Å². The van der Waals surface area contributed by atoms with Crippen LogP contribution in [0.3, 0.4) is 0 Å². The van der Waals surface area contributed by atoms with Gasteiger partial charge in [-0.25, -0.2) is 13.6 Å². The summed E-state index contributed by atoms with van der Waals surface area (Å²) in [5.41, 5.74) is 4.73. The molecule has 0 saturated heterocycles. The summed E-state index contributed by atoms with van der Waals surface area (Å²) in [5, 5.41) is 0. The first-order valence-corrected chi connectivity index (χ1v) is 11.3. The van der Waals surface area contributed by atoms with Gasteiger partial charge >= 0.3 is 5.69 Å². The van der Waals surface area contributed by atoms with Crippen molar-refractivity contribution >= 4 is 29.2 Å². The minimum Gasteiger partial charge on any atom is -0.383 e. The molecule has 0 aliphatic rings. The molecule has 1 amide bonds. The van der Waals surface area contributed by atoms with Crippen LogP contribution in [-0.2, 0) is 11.3 Å². The Kier molecular flexibility index (Phi) is 9.29. The first-order chi connectivity index (χ1) is 14.8. The Hall–Kier alpha value is -2.62. The zero-order valence-electron chi connectivity index (χ0n) is 17.7. The molecule has 0 radical (unpaired) electrons. The second-order valence-electron chi connectivity index (χ2n) is 7.11. The lowest BCUT2D eigenvalue weighted by molar-refractivity contribution is -0.116. The fourth-order valence-corrected chi connectivity index (χ4v) is 3.86. The number of hydrogen-bond donors (Lipinski definition) is 2. The number of nitrogens with zero attached hydrogens (tertiary/aromatic N) is 2. The summed E-state index contributed by atoms with van der Waals surface area (Å²) in [5.74, 6) is -2.17. The number of anilines is 2. The lowest BCUT2D eigenvalue weighted by Gasteiger charge is -2.24. The van der Waals surface area contributed by atoms with Gasteiger partial charge in [-0.15, -0.1) is 11.8 Å². The summed E-state index contributed by atoms with van der Waals surface area (Å²) in [6, 6.07) is 3.12. The van der Waals surface area contributed by atoms with Crippen molar-refractivity contribution in [2.24, 2.45) is 0 Å². The average molecular weight is 455 g/mol. The number of carbonyl (C=O) groups is 1. The van der Waals surface area contributed by atoms with Crippen molar-refractivity contribution in [3.8, 4) is 0 Å². The maximum absolute atomic E-state index is 13.9. The number of nitrogens with two attached hydrogens (primary N) is 1. The zero-order valence-corrected chi connectivity index (χ0v) is 18.6. The van der Waals surface area contributed by atoms with Gasteiger partial charge in [-0.2, -0.15) is 0 Å². The SMILES string of the molecule is CCCCCN(C(=O)CSc1ccc(F)cc1F)c1c(N)n(CCCC)c(=O)[nH]c1=O. The second kappa shape index (κ2) is 11.7. The van der Waals surface area contributed by atoms with Crippen molar-refractivity contribution in [2.45, 2.75) is 57.4 Å². The van der Waals surface area contributed by atoms with Gasteiger partial charge in [0.15, 0.2) is 5.69 Å². The van der Waals surface area contributed by atoms with E-state index in [-0.39, 0.29) is 28.7 Å². The molecule has 0 unspecified atom stereocenters. The fraction of sp³-hybridized carbons (Fsp3) is 0.476. The number of nitrogen functional groups attached to an aromatic ring is 1. The van der Waals surface area contributed by atoms with Crippen LogP contribution in [0.5, 0.6) is 0 Å². The summed E-state index contributed by atoms with van der Waals surface area (Å²) >= 11 is 0.905. The predicted octanol–water partition coefficient (Wildman–Crippen LogP) is 3.51. The van der Waals surface area contributed by atoms with Crippen molar-refractivity contribution in [1.29, 1.82) is 0 Å². The summed E-state index contributed by atoms with van der Waals surface area (Å²) in [7, 11) is 0. The normalized spacial score (nSPS) is 11.0. The maximum atomic E-state index is 13.9. The number of amides is 1. The highest BCUT2D eigenvalue weighted by atomic mass is 32.2. The lowest BCUT2D eigenvalue weighted by atomic mass is 10.2. The molecule has 170 valence electrons. The van der Waals surface area contributed by atoms with Crippen LogP contribution in [0.25, 0.3) is 0 Å². The van der Waals surface area contributed by atoms with Crippen LogP contribution in [0, 0.1) is 11.6 Å². The molecule has 1 heterocycles. The number of unbranched alkanes of at least 4 members (excludes halogenated alkanes) is 3. The quantitative estimate of drug-likeness (QED) is 0.400. The van der Waals surface area contributed by atoms with Gasteiger partial charge in [0.05, 0.1) is 5.75 Å². The topological polar surface area (TPSA) is 101 Å². The summed E-state index contributed by atoms with van der Waals surface area (Å²) in [6.07, 6.45) is 3.86. The molecule has 7 nitrogen and oxygen atoms in total. The van der Waals surface area contributed by atoms with Crippen LogP contribution in [0.4, 0.5) is 20.3 Å². The Labute approximate surface area is 183 Å².